The van der Waals surface area contributed by atoms with Crippen molar-refractivity contribution >= 4 is 46.6 Å². The average molecular weight is 388 g/mol. The molecule has 1 fully saturated rings. The van der Waals surface area contributed by atoms with E-state index in [1.165, 1.54) is 12.1 Å². The van der Waals surface area contributed by atoms with Crippen molar-refractivity contribution in [3.8, 4) is 5.75 Å². The van der Waals surface area contributed by atoms with Crippen LogP contribution in [0.1, 0.15) is 5.56 Å². The van der Waals surface area contributed by atoms with Gasteiger partial charge in [-0.25, -0.2) is 9.69 Å². The van der Waals surface area contributed by atoms with Crippen molar-refractivity contribution in [2.45, 2.75) is 0 Å². The van der Waals surface area contributed by atoms with E-state index >= 15 is 0 Å². The van der Waals surface area contributed by atoms with Gasteiger partial charge >= 0.3 is 12.0 Å². The minimum absolute atomic E-state index is 0.00209. The number of aliphatic carboxylic acids is 1. The van der Waals surface area contributed by atoms with Crippen molar-refractivity contribution in [2.24, 2.45) is 0 Å². The van der Waals surface area contributed by atoms with Crippen molar-refractivity contribution in [1.82, 2.24) is 10.2 Å². The van der Waals surface area contributed by atoms with Gasteiger partial charge < -0.3 is 15.5 Å². The van der Waals surface area contributed by atoms with Crippen LogP contribution in [-0.2, 0) is 9.59 Å². The Morgan fingerprint density at radius 1 is 1.40 bits per heavy atom. The molecule has 0 aliphatic carbocycles. The predicted octanol–water partition coefficient (Wildman–Crippen LogP) is 0.974. The number of amides is 3. The molecule has 0 radical (unpaired) electrons. The molecule has 7 nitrogen and oxygen atoms in total. The Morgan fingerprint density at radius 3 is 2.70 bits per heavy atom. The number of carbonyl (C=O) groups is 3. The summed E-state index contributed by atoms with van der Waals surface area (Å²) in [7, 11) is 0. The van der Waals surface area contributed by atoms with Gasteiger partial charge in [0, 0.05) is 0 Å². The fourth-order valence-corrected chi connectivity index (χ4v) is 2.17. The molecule has 1 aromatic rings. The number of phenols is 1. The maximum absolute atomic E-state index is 11.9. The first kappa shape index (κ1) is 14.3. The summed E-state index contributed by atoms with van der Waals surface area (Å²) in [5, 5.41) is 20.3. The van der Waals surface area contributed by atoms with E-state index < -0.39 is 24.5 Å². The first-order valence-corrected chi connectivity index (χ1v) is 6.51. The summed E-state index contributed by atoms with van der Waals surface area (Å²) >= 11 is 1.93. The van der Waals surface area contributed by atoms with Crippen LogP contribution in [0, 0.1) is 3.57 Å². The molecule has 1 heterocycles. The Labute approximate surface area is 127 Å². The van der Waals surface area contributed by atoms with Gasteiger partial charge in [-0.05, 0) is 46.4 Å². The zero-order valence-electron chi connectivity index (χ0n) is 9.96. The van der Waals surface area contributed by atoms with E-state index in [1.54, 1.807) is 12.1 Å². The van der Waals surface area contributed by atoms with Crippen LogP contribution >= 0.6 is 22.6 Å². The van der Waals surface area contributed by atoms with Gasteiger partial charge in [0.1, 0.15) is 18.0 Å². The summed E-state index contributed by atoms with van der Waals surface area (Å²) in [5.41, 5.74) is 0.603. The molecular weight excluding hydrogens is 379 g/mol. The Bertz CT molecular complexity index is 641. The highest BCUT2D eigenvalue weighted by atomic mass is 127. The summed E-state index contributed by atoms with van der Waals surface area (Å²) < 4.78 is 0.594. The molecule has 0 bridgehead atoms. The summed E-state index contributed by atoms with van der Waals surface area (Å²) in [5.74, 6) is -1.85. The normalized spacial score (nSPS) is 16.6. The quantitative estimate of drug-likeness (QED) is 0.407. The molecule has 0 aromatic heterocycles. The number of carboxylic acid groups (broad SMARTS) is 1. The lowest BCUT2D eigenvalue weighted by molar-refractivity contribution is -0.140. The van der Waals surface area contributed by atoms with Crippen LogP contribution in [0.2, 0.25) is 0 Å². The Hall–Kier alpha value is -2.10. The van der Waals surface area contributed by atoms with E-state index in [4.69, 9.17) is 5.11 Å². The maximum atomic E-state index is 11.9. The minimum Gasteiger partial charge on any atom is -0.507 e. The fraction of sp³-hybridized carbons (Fsp3) is 0.0833. The number of imide groups is 1. The molecule has 104 valence electrons. The number of hydrogen-bond acceptors (Lipinski definition) is 4. The summed E-state index contributed by atoms with van der Waals surface area (Å²) in [6, 6.07) is 3.90. The van der Waals surface area contributed by atoms with Gasteiger partial charge in [-0.1, -0.05) is 6.07 Å². The van der Waals surface area contributed by atoms with E-state index in [0.717, 1.165) is 0 Å². The monoisotopic (exact) mass is 388 g/mol. The predicted molar refractivity (Wildman–Crippen MR) is 76.7 cm³/mol. The second-order valence-corrected chi connectivity index (χ2v) is 5.15. The number of phenolic OH excluding ortho intramolecular Hbond substituents is 1. The largest absolute Gasteiger partial charge is 0.507 e. The number of nitrogens with one attached hydrogen (secondary N) is 1. The molecule has 0 atom stereocenters. The molecular formula is C12H9IN2O5. The van der Waals surface area contributed by atoms with Crippen molar-refractivity contribution in [1.29, 1.82) is 0 Å². The lowest BCUT2D eigenvalue weighted by Crippen LogP contribution is -2.35. The smallest absolute Gasteiger partial charge is 0.329 e. The number of carboxylic acids is 1. The lowest BCUT2D eigenvalue weighted by Gasteiger charge is -2.06. The first-order chi connectivity index (χ1) is 9.38. The molecule has 1 saturated heterocycles. The van der Waals surface area contributed by atoms with Gasteiger partial charge in [-0.2, -0.15) is 0 Å². The third-order valence-corrected chi connectivity index (χ3v) is 3.40. The molecule has 0 spiro atoms. The standard InChI is InChI=1S/C12H9IN2O5/c13-7-3-6(1-2-9(7)16)4-8-11(19)15(5-10(17)18)12(20)14-8/h1-4,16H,5H2,(H,14,20)(H,17,18)/b8-4+. The number of aromatic hydroxyl groups is 1. The van der Waals surface area contributed by atoms with Gasteiger partial charge in [0.25, 0.3) is 5.91 Å². The zero-order chi connectivity index (χ0) is 14.9. The topological polar surface area (TPSA) is 107 Å². The van der Waals surface area contributed by atoms with Crippen LogP contribution in [0.25, 0.3) is 6.08 Å². The Balaban J connectivity index is 2.27. The molecule has 8 heteroatoms. The van der Waals surface area contributed by atoms with Crippen molar-refractivity contribution < 1.29 is 24.6 Å². The number of nitrogens with zero attached hydrogens (tertiary/aromatic N) is 1. The van der Waals surface area contributed by atoms with Gasteiger partial charge in [-0.3, -0.25) is 9.59 Å². The van der Waals surface area contributed by atoms with Gasteiger partial charge in [-0.15, -0.1) is 0 Å². The average Bonchev–Trinajstić information content (AvgIpc) is 2.61. The second kappa shape index (κ2) is 5.49. The summed E-state index contributed by atoms with van der Waals surface area (Å²) in [4.78, 5) is 34.5. The van der Waals surface area contributed by atoms with Gasteiger partial charge in [0.2, 0.25) is 0 Å². The summed E-state index contributed by atoms with van der Waals surface area (Å²) in [6.07, 6.45) is 1.42. The number of hydrogen-bond donors (Lipinski definition) is 3. The van der Waals surface area contributed by atoms with Crippen molar-refractivity contribution in [3.63, 3.8) is 0 Å². The summed E-state index contributed by atoms with van der Waals surface area (Å²) in [6.45, 7) is -0.685. The van der Waals surface area contributed by atoms with E-state index in [2.05, 4.69) is 5.32 Å². The molecule has 1 aliphatic rings. The van der Waals surface area contributed by atoms with E-state index in [-0.39, 0.29) is 11.4 Å². The molecule has 1 aliphatic heterocycles. The highest BCUT2D eigenvalue weighted by Gasteiger charge is 2.34. The lowest BCUT2D eigenvalue weighted by atomic mass is 10.2. The van der Waals surface area contributed by atoms with Gasteiger partial charge in [0.05, 0.1) is 3.57 Å². The van der Waals surface area contributed by atoms with Crippen molar-refractivity contribution in [2.75, 3.05) is 6.54 Å². The second-order valence-electron chi connectivity index (χ2n) is 3.98. The number of benzene rings is 1. The molecule has 0 saturated carbocycles. The molecule has 1 aromatic carbocycles. The minimum atomic E-state index is -1.27. The van der Waals surface area contributed by atoms with Gasteiger partial charge in [0.15, 0.2) is 0 Å². The molecule has 2 rings (SSSR count). The van der Waals surface area contributed by atoms with E-state index in [0.29, 0.717) is 14.0 Å². The Morgan fingerprint density at radius 2 is 2.10 bits per heavy atom. The third kappa shape index (κ3) is 2.90. The van der Waals surface area contributed by atoms with Crippen LogP contribution in [0.3, 0.4) is 0 Å². The maximum Gasteiger partial charge on any atom is 0.329 e. The van der Waals surface area contributed by atoms with Crippen LogP contribution in [0.4, 0.5) is 4.79 Å². The number of rotatable bonds is 3. The molecule has 3 amide bonds. The number of halogens is 1. The van der Waals surface area contributed by atoms with E-state index in [9.17, 15) is 19.5 Å². The van der Waals surface area contributed by atoms with Crippen LogP contribution in [0.5, 0.6) is 5.75 Å². The highest BCUT2D eigenvalue weighted by Crippen LogP contribution is 2.22. The molecule has 3 N–H and O–H groups in total. The van der Waals surface area contributed by atoms with Crippen LogP contribution < -0.4 is 5.32 Å². The zero-order valence-corrected chi connectivity index (χ0v) is 12.1. The van der Waals surface area contributed by atoms with Crippen molar-refractivity contribution in [3.05, 3.63) is 33.0 Å². The number of urea groups is 1. The van der Waals surface area contributed by atoms with E-state index in [1.807, 2.05) is 22.6 Å². The number of carbonyl (C=O) groups excluding carboxylic acids is 2. The highest BCUT2D eigenvalue weighted by molar-refractivity contribution is 14.1. The molecule has 20 heavy (non-hydrogen) atoms. The third-order valence-electron chi connectivity index (χ3n) is 2.54. The van der Waals surface area contributed by atoms with Crippen LogP contribution in [0.15, 0.2) is 23.9 Å². The SMILES string of the molecule is O=C(O)CN1C(=O)N/C(=C/c2ccc(O)c(I)c2)C1=O. The Kier molecular flexibility index (Phi) is 3.93. The fourth-order valence-electron chi connectivity index (χ4n) is 1.63. The van der Waals surface area contributed by atoms with Crippen LogP contribution in [-0.4, -0.2) is 39.6 Å². The molecule has 0 unspecified atom stereocenters. The first-order valence-electron chi connectivity index (χ1n) is 5.43.